The molecule has 0 bridgehead atoms. The van der Waals surface area contributed by atoms with Gasteiger partial charge in [0.25, 0.3) is 0 Å². The molecule has 35 heavy (non-hydrogen) atoms. The number of nitrogens with two attached hydrogens (primary N) is 1. The number of ether oxygens (including phenoxy) is 1. The molecule has 0 aromatic carbocycles. The molecule has 0 unspecified atom stereocenters. The highest BCUT2D eigenvalue weighted by atomic mass is 16.5. The van der Waals surface area contributed by atoms with Crippen LogP contribution in [0.4, 0.5) is 11.6 Å². The van der Waals surface area contributed by atoms with Crippen molar-refractivity contribution in [2.45, 2.75) is 25.3 Å². The smallest absolute Gasteiger partial charge is 0.219 e. The van der Waals surface area contributed by atoms with E-state index < -0.39 is 0 Å². The van der Waals surface area contributed by atoms with Crippen molar-refractivity contribution < 1.29 is 4.74 Å². The van der Waals surface area contributed by atoms with Crippen LogP contribution < -0.4 is 10.6 Å². The Morgan fingerprint density at radius 3 is 2.51 bits per heavy atom. The monoisotopic (exact) mass is 471 g/mol. The van der Waals surface area contributed by atoms with Crippen LogP contribution in [-0.2, 0) is 11.3 Å². The number of anilines is 2. The van der Waals surface area contributed by atoms with Gasteiger partial charge in [0.2, 0.25) is 5.95 Å². The Morgan fingerprint density at radius 2 is 1.77 bits per heavy atom. The number of hydrogen-bond acceptors (Lipinski definition) is 9. The van der Waals surface area contributed by atoms with Crippen LogP contribution in [0.25, 0.3) is 16.9 Å². The molecule has 0 spiro atoms. The van der Waals surface area contributed by atoms with E-state index >= 15 is 0 Å². The summed E-state index contributed by atoms with van der Waals surface area (Å²) < 4.78 is 7.63. The number of imidazole rings is 1. The Balaban J connectivity index is 1.31. The third kappa shape index (κ3) is 4.54. The van der Waals surface area contributed by atoms with Gasteiger partial charge >= 0.3 is 0 Å². The van der Waals surface area contributed by atoms with E-state index in [1.807, 2.05) is 29.2 Å². The first-order chi connectivity index (χ1) is 17.2. The summed E-state index contributed by atoms with van der Waals surface area (Å²) >= 11 is 0. The van der Waals surface area contributed by atoms with Crippen LogP contribution in [0.2, 0.25) is 0 Å². The number of rotatable bonds is 5. The summed E-state index contributed by atoms with van der Waals surface area (Å²) in [5.74, 6) is 0.655. The second-order valence-electron chi connectivity index (χ2n) is 9.17. The zero-order chi connectivity index (χ0) is 23.6. The molecule has 0 saturated carbocycles. The summed E-state index contributed by atoms with van der Waals surface area (Å²) in [6, 6.07) is 6.23. The molecule has 2 fully saturated rings. The number of likely N-dealkylation sites (tertiary alicyclic amines) is 1. The topological polar surface area (TPSA) is 111 Å². The molecule has 0 amide bonds. The van der Waals surface area contributed by atoms with Crippen molar-refractivity contribution in [1.82, 2.24) is 34.4 Å². The molecule has 6 heterocycles. The van der Waals surface area contributed by atoms with Crippen molar-refractivity contribution >= 4 is 17.3 Å². The Kier molecular flexibility index (Phi) is 5.97. The van der Waals surface area contributed by atoms with E-state index in [4.69, 9.17) is 20.6 Å². The summed E-state index contributed by atoms with van der Waals surface area (Å²) in [7, 11) is 0. The minimum Gasteiger partial charge on any atom is -0.378 e. The van der Waals surface area contributed by atoms with Crippen molar-refractivity contribution in [3.8, 4) is 11.3 Å². The maximum Gasteiger partial charge on any atom is 0.219 e. The van der Waals surface area contributed by atoms with Gasteiger partial charge in [0, 0.05) is 55.9 Å². The number of nitrogen functional groups attached to an aromatic ring is 1. The highest BCUT2D eigenvalue weighted by molar-refractivity contribution is 5.75. The Bertz CT molecular complexity index is 1280. The number of pyridine rings is 1. The Morgan fingerprint density at radius 1 is 0.971 bits per heavy atom. The van der Waals surface area contributed by atoms with Gasteiger partial charge in [-0.2, -0.15) is 5.10 Å². The van der Waals surface area contributed by atoms with Crippen LogP contribution in [0, 0.1) is 0 Å². The standard InChI is InChI=1S/C25H29N9O/c26-25-29-14-20(15-30-25)21-12-22(33-8-10-35-11-9-33)24-28-16-23(34(24)31-21)19-3-6-32(7-4-19)17-18-2-1-5-27-13-18/h1-2,5,12-16,19H,3-4,6-11,17H2,(H2,26,29,30). The fraction of sp³-hybridized carbons (Fsp3) is 0.400. The average molecular weight is 472 g/mol. The highest BCUT2D eigenvalue weighted by Crippen LogP contribution is 2.33. The van der Waals surface area contributed by atoms with Crippen molar-refractivity contribution in [2.24, 2.45) is 0 Å². The van der Waals surface area contributed by atoms with Crippen LogP contribution in [0.15, 0.2) is 49.2 Å². The molecule has 6 rings (SSSR count). The molecule has 4 aromatic rings. The van der Waals surface area contributed by atoms with E-state index in [2.05, 4.69) is 36.9 Å². The van der Waals surface area contributed by atoms with Gasteiger partial charge in [0.05, 0.1) is 36.5 Å². The number of piperidine rings is 1. The SMILES string of the molecule is Nc1ncc(-c2cc(N3CCOCC3)c3ncc(C4CCN(Cc5cccnc5)CC4)n3n2)cn1. The molecular weight excluding hydrogens is 442 g/mol. The molecule has 0 aliphatic carbocycles. The van der Waals surface area contributed by atoms with E-state index in [1.54, 1.807) is 12.4 Å². The fourth-order valence-electron chi connectivity index (χ4n) is 5.03. The molecule has 0 radical (unpaired) electrons. The third-order valence-electron chi connectivity index (χ3n) is 6.93. The predicted molar refractivity (Wildman–Crippen MR) is 133 cm³/mol. The lowest BCUT2D eigenvalue weighted by Crippen LogP contribution is -2.36. The van der Waals surface area contributed by atoms with Gasteiger partial charge in [0.1, 0.15) is 0 Å². The molecule has 2 aliphatic rings. The number of aromatic nitrogens is 6. The molecule has 2 saturated heterocycles. The van der Waals surface area contributed by atoms with E-state index in [9.17, 15) is 0 Å². The van der Waals surface area contributed by atoms with Gasteiger partial charge in [-0.15, -0.1) is 0 Å². The van der Waals surface area contributed by atoms with E-state index in [0.717, 1.165) is 73.9 Å². The van der Waals surface area contributed by atoms with Crippen molar-refractivity contribution in [3.63, 3.8) is 0 Å². The lowest BCUT2D eigenvalue weighted by atomic mass is 9.94. The van der Waals surface area contributed by atoms with E-state index in [1.165, 1.54) is 5.56 Å². The first-order valence-corrected chi connectivity index (χ1v) is 12.1. The minimum atomic E-state index is 0.254. The predicted octanol–water partition coefficient (Wildman–Crippen LogP) is 2.38. The number of fused-ring (bicyclic) bond motifs is 1. The Hall–Kier alpha value is -3.63. The van der Waals surface area contributed by atoms with E-state index in [-0.39, 0.29) is 5.95 Å². The summed E-state index contributed by atoms with van der Waals surface area (Å²) in [4.78, 5) is 22.3. The summed E-state index contributed by atoms with van der Waals surface area (Å²) in [6.45, 7) is 6.08. The molecule has 10 heteroatoms. The van der Waals surface area contributed by atoms with Crippen LogP contribution in [-0.4, -0.2) is 73.8 Å². The maximum absolute atomic E-state index is 5.72. The molecule has 4 aromatic heterocycles. The van der Waals surface area contributed by atoms with Gasteiger partial charge in [-0.3, -0.25) is 9.88 Å². The largest absolute Gasteiger partial charge is 0.378 e. The lowest BCUT2D eigenvalue weighted by molar-refractivity contribution is 0.123. The molecule has 2 N–H and O–H groups in total. The highest BCUT2D eigenvalue weighted by Gasteiger charge is 2.26. The Labute approximate surface area is 203 Å². The van der Waals surface area contributed by atoms with Crippen molar-refractivity contribution in [3.05, 3.63) is 60.4 Å². The van der Waals surface area contributed by atoms with Gasteiger partial charge in [0.15, 0.2) is 5.65 Å². The zero-order valence-electron chi connectivity index (χ0n) is 19.6. The number of hydrogen-bond donors (Lipinski definition) is 1. The molecule has 2 aliphatic heterocycles. The van der Waals surface area contributed by atoms with Gasteiger partial charge in [-0.1, -0.05) is 6.07 Å². The van der Waals surface area contributed by atoms with Gasteiger partial charge in [-0.05, 0) is 43.6 Å². The summed E-state index contributed by atoms with van der Waals surface area (Å²) in [5, 5.41) is 5.01. The van der Waals surface area contributed by atoms with Gasteiger partial charge < -0.3 is 15.4 Å². The van der Waals surface area contributed by atoms with Crippen LogP contribution in [0.3, 0.4) is 0 Å². The summed E-state index contributed by atoms with van der Waals surface area (Å²) in [6.07, 6.45) is 11.4. The second-order valence-corrected chi connectivity index (χ2v) is 9.17. The number of morpholine rings is 1. The zero-order valence-corrected chi connectivity index (χ0v) is 19.6. The van der Waals surface area contributed by atoms with Crippen LogP contribution >= 0.6 is 0 Å². The normalized spacial score (nSPS) is 17.8. The fourth-order valence-corrected chi connectivity index (χ4v) is 5.03. The molecule has 0 atom stereocenters. The lowest BCUT2D eigenvalue weighted by Gasteiger charge is -2.32. The third-order valence-corrected chi connectivity index (χ3v) is 6.93. The van der Waals surface area contributed by atoms with E-state index in [0.29, 0.717) is 19.1 Å². The quantitative estimate of drug-likeness (QED) is 0.469. The van der Waals surface area contributed by atoms with Crippen molar-refractivity contribution in [2.75, 3.05) is 50.0 Å². The first-order valence-electron chi connectivity index (χ1n) is 12.1. The molecule has 180 valence electrons. The van der Waals surface area contributed by atoms with Crippen LogP contribution in [0.5, 0.6) is 0 Å². The average Bonchev–Trinajstić information content (AvgIpc) is 3.34. The maximum atomic E-state index is 5.72. The second kappa shape index (κ2) is 9.55. The van der Waals surface area contributed by atoms with Crippen LogP contribution in [0.1, 0.15) is 30.0 Å². The van der Waals surface area contributed by atoms with Crippen molar-refractivity contribution in [1.29, 1.82) is 0 Å². The van der Waals surface area contributed by atoms with Gasteiger partial charge in [-0.25, -0.2) is 19.5 Å². The minimum absolute atomic E-state index is 0.254. The first kappa shape index (κ1) is 21.9. The molecule has 10 nitrogen and oxygen atoms in total. The molecular formula is C25H29N9O. The number of nitrogens with zero attached hydrogens (tertiary/aromatic N) is 8. The summed E-state index contributed by atoms with van der Waals surface area (Å²) in [5.41, 5.74) is 11.7.